The maximum Gasteiger partial charge on any atom is 0.191 e. The van der Waals surface area contributed by atoms with Gasteiger partial charge in [-0.15, -0.1) is 24.0 Å². The van der Waals surface area contributed by atoms with Gasteiger partial charge in [-0.2, -0.15) is 5.26 Å². The first kappa shape index (κ1) is 20.6. The molecule has 0 aliphatic carbocycles. The van der Waals surface area contributed by atoms with Gasteiger partial charge in [0.1, 0.15) is 5.82 Å². The predicted molar refractivity (Wildman–Crippen MR) is 95.8 cm³/mol. The van der Waals surface area contributed by atoms with Crippen molar-refractivity contribution in [3.63, 3.8) is 0 Å². The lowest BCUT2D eigenvalue weighted by Gasteiger charge is -2.24. The number of hydrogen-bond acceptors (Lipinski definition) is 3. The summed E-state index contributed by atoms with van der Waals surface area (Å²) in [5.74, 6) is 0.191. The maximum absolute atomic E-state index is 13.7. The second-order valence-electron chi connectivity index (χ2n) is 5.16. The maximum atomic E-state index is 13.7. The van der Waals surface area contributed by atoms with Crippen LogP contribution in [0.3, 0.4) is 0 Å². The number of nitrogens with one attached hydrogen (secondary N) is 2. The summed E-state index contributed by atoms with van der Waals surface area (Å²) in [7, 11) is 3.28. The van der Waals surface area contributed by atoms with Crippen LogP contribution in [-0.4, -0.2) is 32.3 Å². The number of methoxy groups -OCH3 is 1. The number of hydrogen-bond donors (Lipinski definition) is 2. The number of ether oxygens (including phenoxy) is 1. The van der Waals surface area contributed by atoms with Crippen molar-refractivity contribution in [2.24, 2.45) is 4.99 Å². The highest BCUT2D eigenvalue weighted by Gasteiger charge is 2.16. The van der Waals surface area contributed by atoms with E-state index in [4.69, 9.17) is 10.00 Å². The highest BCUT2D eigenvalue weighted by molar-refractivity contribution is 14.0. The van der Waals surface area contributed by atoms with Gasteiger partial charge in [0.15, 0.2) is 5.96 Å². The van der Waals surface area contributed by atoms with Crippen molar-refractivity contribution in [3.8, 4) is 6.07 Å². The molecule has 0 spiro atoms. The summed E-state index contributed by atoms with van der Waals surface area (Å²) in [6.07, 6.45) is 0. The Morgan fingerprint density at radius 2 is 2.09 bits per heavy atom. The molecular formula is C15H22FIN4O. The normalized spacial score (nSPS) is 11.4. The molecule has 1 rings (SSSR count). The summed E-state index contributed by atoms with van der Waals surface area (Å²) in [5, 5.41) is 14.9. The number of benzene rings is 1. The number of aliphatic imine (C=N–C) groups is 1. The molecule has 0 saturated heterocycles. The number of guanidine groups is 1. The van der Waals surface area contributed by atoms with Crippen LogP contribution in [0.1, 0.15) is 25.0 Å². The average Bonchev–Trinajstić information content (AvgIpc) is 2.49. The highest BCUT2D eigenvalue weighted by atomic mass is 127. The monoisotopic (exact) mass is 420 g/mol. The van der Waals surface area contributed by atoms with Gasteiger partial charge in [-0.25, -0.2) is 4.39 Å². The molecule has 1 aromatic carbocycles. The summed E-state index contributed by atoms with van der Waals surface area (Å²) >= 11 is 0. The molecule has 0 saturated carbocycles. The van der Waals surface area contributed by atoms with Crippen LogP contribution in [0.5, 0.6) is 0 Å². The fraction of sp³-hybridized carbons (Fsp3) is 0.467. The lowest BCUT2D eigenvalue weighted by Crippen LogP contribution is -2.45. The van der Waals surface area contributed by atoms with Crippen molar-refractivity contribution >= 4 is 29.9 Å². The smallest absolute Gasteiger partial charge is 0.191 e. The topological polar surface area (TPSA) is 69.4 Å². The SMILES string of the molecule is CN=C(NCc1cc(C#N)ccc1F)NCC(C)(C)OC.I. The Hall–Kier alpha value is -1.40. The van der Waals surface area contributed by atoms with Crippen LogP contribution in [0, 0.1) is 17.1 Å². The quantitative estimate of drug-likeness (QED) is 0.436. The molecule has 0 aromatic heterocycles. The van der Waals surface area contributed by atoms with E-state index < -0.39 is 0 Å². The van der Waals surface area contributed by atoms with Crippen LogP contribution in [-0.2, 0) is 11.3 Å². The molecule has 0 bridgehead atoms. The largest absolute Gasteiger partial charge is 0.377 e. The van der Waals surface area contributed by atoms with Crippen LogP contribution < -0.4 is 10.6 Å². The third-order valence-electron chi connectivity index (χ3n) is 3.08. The number of nitrogens with zero attached hydrogens (tertiary/aromatic N) is 2. The Bertz CT molecular complexity index is 555. The van der Waals surface area contributed by atoms with E-state index in [1.54, 1.807) is 14.2 Å². The van der Waals surface area contributed by atoms with Crippen molar-refractivity contribution in [2.45, 2.75) is 26.0 Å². The molecular weight excluding hydrogens is 398 g/mol. The van der Waals surface area contributed by atoms with Crippen LogP contribution in [0.25, 0.3) is 0 Å². The van der Waals surface area contributed by atoms with E-state index in [0.29, 0.717) is 23.6 Å². The molecule has 0 aliphatic heterocycles. The first-order valence-corrected chi connectivity index (χ1v) is 6.60. The minimum atomic E-state index is -0.353. The van der Waals surface area contributed by atoms with Crippen molar-refractivity contribution in [1.82, 2.24) is 10.6 Å². The molecule has 0 unspecified atom stereocenters. The molecule has 0 aliphatic rings. The van der Waals surface area contributed by atoms with E-state index in [9.17, 15) is 4.39 Å². The van der Waals surface area contributed by atoms with Gasteiger partial charge in [0.2, 0.25) is 0 Å². The summed E-state index contributed by atoms with van der Waals surface area (Å²) in [5.41, 5.74) is 0.517. The Morgan fingerprint density at radius 1 is 1.41 bits per heavy atom. The molecule has 22 heavy (non-hydrogen) atoms. The fourth-order valence-corrected chi connectivity index (χ4v) is 1.55. The van der Waals surface area contributed by atoms with Crippen molar-refractivity contribution in [2.75, 3.05) is 20.7 Å². The number of rotatable bonds is 5. The van der Waals surface area contributed by atoms with Gasteiger partial charge in [-0.1, -0.05) is 0 Å². The Kier molecular flexibility index (Phi) is 8.97. The van der Waals surface area contributed by atoms with E-state index >= 15 is 0 Å². The van der Waals surface area contributed by atoms with Gasteiger partial charge in [0.25, 0.3) is 0 Å². The Balaban J connectivity index is 0.00000441. The zero-order valence-corrected chi connectivity index (χ0v) is 15.6. The Morgan fingerprint density at radius 3 is 2.64 bits per heavy atom. The number of nitriles is 1. The van der Waals surface area contributed by atoms with Gasteiger partial charge in [-0.05, 0) is 32.0 Å². The minimum Gasteiger partial charge on any atom is -0.377 e. The summed E-state index contributed by atoms with van der Waals surface area (Å²) in [6, 6.07) is 6.26. The van der Waals surface area contributed by atoms with Crippen molar-refractivity contribution < 1.29 is 9.13 Å². The second kappa shape index (κ2) is 9.58. The van der Waals surface area contributed by atoms with Crippen molar-refractivity contribution in [3.05, 3.63) is 35.1 Å². The van der Waals surface area contributed by atoms with E-state index in [1.807, 2.05) is 19.9 Å². The number of halogens is 2. The summed E-state index contributed by atoms with van der Waals surface area (Å²) in [6.45, 7) is 4.70. The molecule has 0 radical (unpaired) electrons. The van der Waals surface area contributed by atoms with Crippen molar-refractivity contribution in [1.29, 1.82) is 5.26 Å². The zero-order chi connectivity index (χ0) is 15.9. The van der Waals surface area contributed by atoms with E-state index in [1.165, 1.54) is 18.2 Å². The zero-order valence-electron chi connectivity index (χ0n) is 13.2. The lowest BCUT2D eigenvalue weighted by molar-refractivity contribution is 0.0268. The molecule has 122 valence electrons. The van der Waals surface area contributed by atoms with Gasteiger partial charge in [0, 0.05) is 32.8 Å². The third-order valence-corrected chi connectivity index (χ3v) is 3.08. The standard InChI is InChI=1S/C15H21FN4O.HI/c1-15(2,21-4)10-20-14(18-3)19-9-12-7-11(8-17)5-6-13(12)16;/h5-7H,9-10H2,1-4H3,(H2,18,19,20);1H. The lowest BCUT2D eigenvalue weighted by atomic mass is 10.1. The van der Waals surface area contributed by atoms with E-state index in [-0.39, 0.29) is 41.9 Å². The second-order valence-corrected chi connectivity index (χ2v) is 5.16. The summed E-state index contributed by atoms with van der Waals surface area (Å²) in [4.78, 5) is 4.06. The van der Waals surface area contributed by atoms with Gasteiger partial charge in [-0.3, -0.25) is 4.99 Å². The first-order valence-electron chi connectivity index (χ1n) is 6.60. The molecule has 2 N–H and O–H groups in total. The van der Waals surface area contributed by atoms with Crippen LogP contribution in [0.15, 0.2) is 23.2 Å². The van der Waals surface area contributed by atoms with Gasteiger partial charge >= 0.3 is 0 Å². The molecule has 0 atom stereocenters. The molecule has 1 aromatic rings. The van der Waals surface area contributed by atoms with Crippen LogP contribution in [0.2, 0.25) is 0 Å². The van der Waals surface area contributed by atoms with Gasteiger partial charge < -0.3 is 15.4 Å². The molecule has 0 fully saturated rings. The van der Waals surface area contributed by atoms with Gasteiger partial charge in [0.05, 0.1) is 17.2 Å². The Labute approximate surface area is 148 Å². The van der Waals surface area contributed by atoms with E-state index in [0.717, 1.165) is 0 Å². The minimum absolute atomic E-state index is 0. The molecule has 7 heteroatoms. The van der Waals surface area contributed by atoms with E-state index in [2.05, 4.69) is 15.6 Å². The fourth-order valence-electron chi connectivity index (χ4n) is 1.55. The van der Waals surface area contributed by atoms with Crippen LogP contribution in [0.4, 0.5) is 4.39 Å². The van der Waals surface area contributed by atoms with Crippen LogP contribution >= 0.6 is 24.0 Å². The predicted octanol–water partition coefficient (Wildman–Crippen LogP) is 2.41. The average molecular weight is 420 g/mol. The molecule has 0 amide bonds. The molecule has 5 nitrogen and oxygen atoms in total. The molecule has 0 heterocycles. The first-order chi connectivity index (χ1) is 9.91. The summed E-state index contributed by atoms with van der Waals surface area (Å²) < 4.78 is 19.0. The third kappa shape index (κ3) is 6.58. The highest BCUT2D eigenvalue weighted by Crippen LogP contribution is 2.10.